The van der Waals surface area contributed by atoms with Crippen LogP contribution in [0.1, 0.15) is 11.3 Å². The molecule has 0 aliphatic rings. The summed E-state index contributed by atoms with van der Waals surface area (Å²) in [5.74, 6) is 0.222. The number of carbonyl (C=O) groups excluding carboxylic acids is 1. The van der Waals surface area contributed by atoms with Gasteiger partial charge in [0, 0.05) is 38.6 Å². The molecule has 1 aromatic carbocycles. The van der Waals surface area contributed by atoms with Gasteiger partial charge in [0.2, 0.25) is 11.8 Å². The van der Waals surface area contributed by atoms with E-state index in [4.69, 9.17) is 4.52 Å². The van der Waals surface area contributed by atoms with Crippen molar-refractivity contribution in [2.24, 2.45) is 0 Å². The van der Waals surface area contributed by atoms with Crippen LogP contribution in [0.3, 0.4) is 0 Å². The van der Waals surface area contributed by atoms with Crippen molar-refractivity contribution in [3.8, 4) is 0 Å². The maximum absolute atomic E-state index is 12.0. The summed E-state index contributed by atoms with van der Waals surface area (Å²) in [6.45, 7) is 4.11. The van der Waals surface area contributed by atoms with Gasteiger partial charge in [-0.2, -0.15) is 0 Å². The quantitative estimate of drug-likeness (QED) is 0.919. The van der Waals surface area contributed by atoms with E-state index in [1.54, 1.807) is 13.0 Å². The number of hydrogen-bond acceptors (Lipinski definition) is 5. The number of nitrogens with zero attached hydrogens (tertiary/aromatic N) is 3. The Balaban J connectivity index is 2.03. The fraction of sp³-hybridized carbons (Fsp3) is 0.375. The van der Waals surface area contributed by atoms with E-state index in [0.717, 1.165) is 17.1 Å². The molecule has 0 fully saturated rings. The van der Waals surface area contributed by atoms with Crippen LogP contribution < -0.4 is 15.1 Å². The Kier molecular flexibility index (Phi) is 4.70. The molecular weight excluding hydrogens is 280 g/mol. The van der Waals surface area contributed by atoms with Crippen molar-refractivity contribution in [2.45, 2.75) is 13.8 Å². The predicted molar refractivity (Wildman–Crippen MR) is 88.6 cm³/mol. The molecule has 1 heterocycles. The second-order valence-electron chi connectivity index (χ2n) is 5.60. The van der Waals surface area contributed by atoms with Gasteiger partial charge in [0.25, 0.3) is 0 Å². The lowest BCUT2D eigenvalue weighted by Gasteiger charge is -2.22. The van der Waals surface area contributed by atoms with Crippen molar-refractivity contribution >= 4 is 23.2 Å². The topological polar surface area (TPSA) is 61.6 Å². The van der Waals surface area contributed by atoms with Gasteiger partial charge < -0.3 is 14.3 Å². The highest BCUT2D eigenvalue weighted by Crippen LogP contribution is 2.24. The Labute approximate surface area is 130 Å². The molecule has 0 aliphatic carbocycles. The van der Waals surface area contributed by atoms with Crippen molar-refractivity contribution in [3.05, 3.63) is 35.5 Å². The molecule has 1 aromatic heterocycles. The van der Waals surface area contributed by atoms with Crippen LogP contribution in [0.4, 0.5) is 17.3 Å². The molecule has 0 spiro atoms. The van der Waals surface area contributed by atoms with Crippen LogP contribution in [0.5, 0.6) is 0 Å². The molecule has 0 aliphatic heterocycles. The monoisotopic (exact) mass is 302 g/mol. The molecule has 22 heavy (non-hydrogen) atoms. The maximum atomic E-state index is 12.0. The van der Waals surface area contributed by atoms with Crippen LogP contribution in [0.25, 0.3) is 0 Å². The van der Waals surface area contributed by atoms with Crippen molar-refractivity contribution in [2.75, 3.05) is 42.8 Å². The van der Waals surface area contributed by atoms with Gasteiger partial charge >= 0.3 is 0 Å². The summed E-state index contributed by atoms with van der Waals surface area (Å²) in [6.07, 6.45) is 0. The van der Waals surface area contributed by atoms with E-state index in [0.29, 0.717) is 5.88 Å². The first-order chi connectivity index (χ1) is 10.4. The molecule has 1 N–H and O–H groups in total. The van der Waals surface area contributed by atoms with Gasteiger partial charge in [0.1, 0.15) is 0 Å². The van der Waals surface area contributed by atoms with Gasteiger partial charge in [0.05, 0.1) is 12.2 Å². The molecule has 0 saturated heterocycles. The molecule has 0 atom stereocenters. The number of anilines is 3. The normalized spacial score (nSPS) is 10.4. The van der Waals surface area contributed by atoms with Gasteiger partial charge in [-0.15, -0.1) is 0 Å². The van der Waals surface area contributed by atoms with E-state index >= 15 is 0 Å². The average Bonchev–Trinajstić information content (AvgIpc) is 2.83. The highest BCUT2D eigenvalue weighted by atomic mass is 16.5. The highest BCUT2D eigenvalue weighted by molar-refractivity contribution is 5.93. The first kappa shape index (κ1) is 15.9. The third kappa shape index (κ3) is 3.78. The van der Waals surface area contributed by atoms with Gasteiger partial charge in [-0.05, 0) is 31.5 Å². The Morgan fingerprint density at radius 1 is 1.23 bits per heavy atom. The molecule has 0 unspecified atom stereocenters. The van der Waals surface area contributed by atoms with Gasteiger partial charge in [-0.3, -0.25) is 10.1 Å². The van der Waals surface area contributed by atoms with Gasteiger partial charge in [-0.25, -0.2) is 0 Å². The lowest BCUT2D eigenvalue weighted by Crippen LogP contribution is -2.30. The summed E-state index contributed by atoms with van der Waals surface area (Å²) >= 11 is 0. The molecule has 6 nitrogen and oxygen atoms in total. The number of rotatable bonds is 5. The van der Waals surface area contributed by atoms with E-state index < -0.39 is 0 Å². The molecule has 118 valence electrons. The standard InChI is InChI=1S/C16H22N4O2/c1-11-6-7-13(9-14(11)19(3)4)20(5)10-15(21)17-16-8-12(2)18-22-16/h6-9H,10H2,1-5H3,(H,17,21). The minimum Gasteiger partial charge on any atom is -0.377 e. The van der Waals surface area contributed by atoms with Crippen molar-refractivity contribution in [3.63, 3.8) is 0 Å². The molecule has 0 bridgehead atoms. The van der Waals surface area contributed by atoms with Crippen molar-refractivity contribution in [1.82, 2.24) is 5.16 Å². The summed E-state index contributed by atoms with van der Waals surface area (Å²) in [6, 6.07) is 7.82. The lowest BCUT2D eigenvalue weighted by atomic mass is 10.1. The average molecular weight is 302 g/mol. The Morgan fingerprint density at radius 3 is 2.55 bits per heavy atom. The largest absolute Gasteiger partial charge is 0.377 e. The van der Waals surface area contributed by atoms with Gasteiger partial charge in [0.15, 0.2) is 0 Å². The molecule has 6 heteroatoms. The lowest BCUT2D eigenvalue weighted by molar-refractivity contribution is -0.115. The van der Waals surface area contributed by atoms with Crippen molar-refractivity contribution < 1.29 is 9.32 Å². The molecule has 1 amide bonds. The molecular formula is C16H22N4O2. The number of carbonyl (C=O) groups is 1. The molecule has 0 saturated carbocycles. The van der Waals surface area contributed by atoms with Crippen LogP contribution in [0, 0.1) is 13.8 Å². The number of hydrogen-bond donors (Lipinski definition) is 1. The zero-order chi connectivity index (χ0) is 16.3. The third-order valence-electron chi connectivity index (χ3n) is 3.39. The van der Waals surface area contributed by atoms with Crippen molar-refractivity contribution in [1.29, 1.82) is 0 Å². The van der Waals surface area contributed by atoms with E-state index in [9.17, 15) is 4.79 Å². The Morgan fingerprint density at radius 2 is 1.95 bits per heavy atom. The molecule has 2 aromatic rings. The minimum absolute atomic E-state index is 0.148. The molecule has 2 rings (SSSR count). The smallest absolute Gasteiger partial charge is 0.246 e. The fourth-order valence-electron chi connectivity index (χ4n) is 2.22. The summed E-state index contributed by atoms with van der Waals surface area (Å²) < 4.78 is 4.98. The number of benzene rings is 1. The van der Waals surface area contributed by atoms with E-state index in [2.05, 4.69) is 34.4 Å². The highest BCUT2D eigenvalue weighted by Gasteiger charge is 2.12. The number of aromatic nitrogens is 1. The SMILES string of the molecule is Cc1cc(NC(=O)CN(C)c2ccc(C)c(N(C)C)c2)on1. The van der Waals surface area contributed by atoms with Gasteiger partial charge in [-0.1, -0.05) is 11.2 Å². The Bertz CT molecular complexity index is 664. The summed E-state index contributed by atoms with van der Waals surface area (Å²) in [5.41, 5.74) is 4.05. The minimum atomic E-state index is -0.148. The zero-order valence-electron chi connectivity index (χ0n) is 13.7. The zero-order valence-corrected chi connectivity index (χ0v) is 13.7. The summed E-state index contributed by atoms with van der Waals surface area (Å²) in [5, 5.41) is 6.43. The number of amides is 1. The number of aryl methyl sites for hydroxylation is 2. The molecule has 0 radical (unpaired) electrons. The second kappa shape index (κ2) is 6.51. The third-order valence-corrected chi connectivity index (χ3v) is 3.39. The van der Waals surface area contributed by atoms with E-state index in [1.165, 1.54) is 5.56 Å². The summed E-state index contributed by atoms with van der Waals surface area (Å²) in [7, 11) is 5.89. The number of nitrogens with one attached hydrogen (secondary N) is 1. The fourth-order valence-corrected chi connectivity index (χ4v) is 2.22. The maximum Gasteiger partial charge on any atom is 0.246 e. The summed E-state index contributed by atoms with van der Waals surface area (Å²) in [4.78, 5) is 16.0. The van der Waals surface area contributed by atoms with Crippen LogP contribution in [0.2, 0.25) is 0 Å². The Hall–Kier alpha value is -2.50. The van der Waals surface area contributed by atoms with E-state index in [-0.39, 0.29) is 12.5 Å². The van der Waals surface area contributed by atoms with Crippen LogP contribution in [0.15, 0.2) is 28.8 Å². The number of likely N-dealkylation sites (N-methyl/N-ethyl adjacent to an activating group) is 1. The van der Waals surface area contributed by atoms with Crippen LogP contribution >= 0.6 is 0 Å². The second-order valence-corrected chi connectivity index (χ2v) is 5.60. The first-order valence-corrected chi connectivity index (χ1v) is 7.09. The van der Waals surface area contributed by atoms with E-state index in [1.807, 2.05) is 32.1 Å². The first-order valence-electron chi connectivity index (χ1n) is 7.09. The predicted octanol–water partition coefficient (Wildman–Crippen LogP) is 2.43. The van der Waals surface area contributed by atoms with Crippen LogP contribution in [-0.4, -0.2) is 38.8 Å². The van der Waals surface area contributed by atoms with Crippen LogP contribution in [-0.2, 0) is 4.79 Å².